The summed E-state index contributed by atoms with van der Waals surface area (Å²) in [5.41, 5.74) is 15.9. The molecule has 0 radical (unpaired) electrons. The fraction of sp³-hybridized carbons (Fsp3) is 0.0612. The molecule has 0 aromatic heterocycles. The molecule has 1 heterocycles. The third-order valence-corrected chi connectivity index (χ3v) is 11.8. The van der Waals surface area contributed by atoms with Gasteiger partial charge < -0.3 is 4.74 Å². The first kappa shape index (κ1) is 27.7. The van der Waals surface area contributed by atoms with E-state index in [0.29, 0.717) is 0 Å². The molecule has 1 spiro atoms. The SMILES string of the molecule is CC1(c2ccccc2)c2ccccc2Oc2cc(-c3cccc4c3C3(c5ccccc5-4)c4ccccc4-c4ccc5ccccc5c43)ccc21. The molecule has 2 unspecified atom stereocenters. The van der Waals surface area contributed by atoms with E-state index in [1.54, 1.807) is 0 Å². The Morgan fingerprint density at radius 1 is 0.400 bits per heavy atom. The zero-order chi connectivity index (χ0) is 33.0. The van der Waals surface area contributed by atoms with Crippen molar-refractivity contribution in [2.75, 3.05) is 0 Å². The Hall–Kier alpha value is -6.18. The van der Waals surface area contributed by atoms with Crippen LogP contribution in [0.25, 0.3) is 44.2 Å². The molecule has 0 bridgehead atoms. The lowest BCUT2D eigenvalue weighted by Crippen LogP contribution is -2.29. The molecule has 2 atom stereocenters. The van der Waals surface area contributed by atoms with Crippen LogP contribution in [0, 0.1) is 0 Å². The van der Waals surface area contributed by atoms with Gasteiger partial charge in [0.2, 0.25) is 0 Å². The smallest absolute Gasteiger partial charge is 0.132 e. The van der Waals surface area contributed by atoms with Crippen molar-refractivity contribution in [1.82, 2.24) is 0 Å². The highest BCUT2D eigenvalue weighted by atomic mass is 16.5. The number of hydrogen-bond acceptors (Lipinski definition) is 1. The van der Waals surface area contributed by atoms with Gasteiger partial charge in [0.05, 0.1) is 5.41 Å². The molecule has 0 saturated heterocycles. The van der Waals surface area contributed by atoms with E-state index in [-0.39, 0.29) is 5.41 Å². The van der Waals surface area contributed by atoms with Gasteiger partial charge in [0.1, 0.15) is 11.5 Å². The van der Waals surface area contributed by atoms with Crippen molar-refractivity contribution < 1.29 is 4.74 Å². The van der Waals surface area contributed by atoms with E-state index < -0.39 is 5.41 Å². The molecule has 8 aromatic rings. The van der Waals surface area contributed by atoms with E-state index in [2.05, 4.69) is 183 Å². The lowest BCUT2D eigenvalue weighted by Gasteiger charge is -2.38. The molecule has 0 N–H and O–H groups in total. The maximum absolute atomic E-state index is 6.82. The number of rotatable bonds is 2. The molecule has 8 aromatic carbocycles. The van der Waals surface area contributed by atoms with Crippen molar-refractivity contribution in [3.63, 3.8) is 0 Å². The van der Waals surface area contributed by atoms with Gasteiger partial charge in [0.25, 0.3) is 0 Å². The van der Waals surface area contributed by atoms with Crippen molar-refractivity contribution in [1.29, 1.82) is 0 Å². The molecule has 3 aliphatic rings. The van der Waals surface area contributed by atoms with Gasteiger partial charge in [0, 0.05) is 16.5 Å². The highest BCUT2D eigenvalue weighted by Crippen LogP contribution is 2.66. The van der Waals surface area contributed by atoms with Gasteiger partial charge in [-0.25, -0.2) is 0 Å². The lowest BCUT2D eigenvalue weighted by molar-refractivity contribution is 0.427. The second-order valence-corrected chi connectivity index (χ2v) is 14.1. The fourth-order valence-corrected chi connectivity index (χ4v) is 9.72. The van der Waals surface area contributed by atoms with Crippen molar-refractivity contribution in [2.45, 2.75) is 17.8 Å². The number of benzene rings is 8. The standard InChI is InChI=1S/C49H32O/c1-48(33-15-3-2-4-16-33)42-24-11-12-25-44(42)50-45-30-32(27-29-43(45)48)35-20-13-21-38-36-18-7-9-22-40(36)49(47(35)38)41-23-10-8-19-37(41)39-28-26-31-14-5-6-17-34(31)46(39)49/h2-30H,1H3. The average Bonchev–Trinajstić information content (AvgIpc) is 3.66. The summed E-state index contributed by atoms with van der Waals surface area (Å²) < 4.78 is 6.82. The summed E-state index contributed by atoms with van der Waals surface area (Å²) in [4.78, 5) is 0. The first-order valence-electron chi connectivity index (χ1n) is 17.5. The Morgan fingerprint density at radius 2 is 1.00 bits per heavy atom. The van der Waals surface area contributed by atoms with Crippen LogP contribution >= 0.6 is 0 Å². The second kappa shape index (κ2) is 9.94. The molecule has 11 rings (SSSR count). The molecule has 0 fully saturated rings. The Labute approximate surface area is 292 Å². The van der Waals surface area contributed by atoms with Crippen molar-refractivity contribution in [3.8, 4) is 44.9 Å². The largest absolute Gasteiger partial charge is 0.457 e. The Kier molecular flexibility index (Phi) is 5.51. The molecule has 0 saturated carbocycles. The lowest BCUT2D eigenvalue weighted by atomic mass is 9.67. The molecular formula is C49H32O. The summed E-state index contributed by atoms with van der Waals surface area (Å²) >= 11 is 0. The monoisotopic (exact) mass is 636 g/mol. The van der Waals surface area contributed by atoms with Crippen LogP contribution in [0.2, 0.25) is 0 Å². The Balaban J connectivity index is 1.22. The van der Waals surface area contributed by atoms with Gasteiger partial charge in [-0.15, -0.1) is 0 Å². The molecule has 1 heteroatoms. The highest BCUT2D eigenvalue weighted by Gasteiger charge is 2.53. The van der Waals surface area contributed by atoms with Crippen LogP contribution < -0.4 is 4.74 Å². The van der Waals surface area contributed by atoms with Crippen LogP contribution in [-0.2, 0) is 10.8 Å². The first-order chi connectivity index (χ1) is 24.7. The van der Waals surface area contributed by atoms with E-state index in [0.717, 1.165) is 17.1 Å². The quantitative estimate of drug-likeness (QED) is 0.183. The summed E-state index contributed by atoms with van der Waals surface area (Å²) in [6.07, 6.45) is 0. The third-order valence-electron chi connectivity index (χ3n) is 11.8. The molecule has 234 valence electrons. The molecular weight excluding hydrogens is 605 g/mol. The van der Waals surface area contributed by atoms with Crippen LogP contribution in [0.5, 0.6) is 11.5 Å². The molecule has 50 heavy (non-hydrogen) atoms. The number of ether oxygens (including phenoxy) is 1. The minimum absolute atomic E-state index is 0.359. The van der Waals surface area contributed by atoms with E-state index in [1.807, 2.05) is 0 Å². The Morgan fingerprint density at radius 3 is 1.80 bits per heavy atom. The zero-order valence-corrected chi connectivity index (χ0v) is 27.7. The zero-order valence-electron chi connectivity index (χ0n) is 27.7. The van der Waals surface area contributed by atoms with Crippen LogP contribution in [0.1, 0.15) is 45.9 Å². The summed E-state index contributed by atoms with van der Waals surface area (Å²) in [7, 11) is 0. The van der Waals surface area contributed by atoms with E-state index in [9.17, 15) is 0 Å². The van der Waals surface area contributed by atoms with Gasteiger partial charge in [-0.1, -0.05) is 164 Å². The predicted molar refractivity (Wildman–Crippen MR) is 204 cm³/mol. The second-order valence-electron chi connectivity index (χ2n) is 14.1. The number of hydrogen-bond donors (Lipinski definition) is 0. The molecule has 0 amide bonds. The molecule has 1 nitrogen and oxygen atoms in total. The molecule has 2 aliphatic carbocycles. The van der Waals surface area contributed by atoms with Crippen LogP contribution in [0.4, 0.5) is 0 Å². The number of para-hydroxylation sites is 1. The first-order valence-corrected chi connectivity index (χ1v) is 17.5. The van der Waals surface area contributed by atoms with Crippen molar-refractivity contribution in [2.24, 2.45) is 0 Å². The summed E-state index contributed by atoms with van der Waals surface area (Å²) in [5.74, 6) is 1.82. The van der Waals surface area contributed by atoms with Crippen molar-refractivity contribution >= 4 is 10.8 Å². The molecule has 1 aliphatic heterocycles. The normalized spacial score (nSPS) is 18.8. The van der Waals surface area contributed by atoms with Crippen LogP contribution in [0.15, 0.2) is 176 Å². The van der Waals surface area contributed by atoms with E-state index >= 15 is 0 Å². The maximum atomic E-state index is 6.82. The summed E-state index contributed by atoms with van der Waals surface area (Å²) in [5, 5.41) is 2.57. The summed E-state index contributed by atoms with van der Waals surface area (Å²) in [6.45, 7) is 2.34. The minimum atomic E-state index is -0.475. The predicted octanol–water partition coefficient (Wildman–Crippen LogP) is 12.3. The number of fused-ring (bicyclic) bond motifs is 14. The van der Waals surface area contributed by atoms with Gasteiger partial charge in [-0.3, -0.25) is 0 Å². The van der Waals surface area contributed by atoms with Crippen LogP contribution in [0.3, 0.4) is 0 Å². The highest BCUT2D eigenvalue weighted by molar-refractivity contribution is 6.05. The Bertz CT molecular complexity index is 2690. The maximum Gasteiger partial charge on any atom is 0.132 e. The van der Waals surface area contributed by atoms with E-state index in [1.165, 1.54) is 77.5 Å². The van der Waals surface area contributed by atoms with E-state index in [4.69, 9.17) is 4.74 Å². The van der Waals surface area contributed by atoms with Crippen molar-refractivity contribution in [3.05, 3.63) is 215 Å². The minimum Gasteiger partial charge on any atom is -0.457 e. The van der Waals surface area contributed by atoms with Gasteiger partial charge in [-0.05, 0) is 91.0 Å². The van der Waals surface area contributed by atoms with Crippen LogP contribution in [-0.4, -0.2) is 0 Å². The third kappa shape index (κ3) is 3.37. The van der Waals surface area contributed by atoms with Gasteiger partial charge in [0.15, 0.2) is 0 Å². The topological polar surface area (TPSA) is 9.23 Å². The van der Waals surface area contributed by atoms with Gasteiger partial charge in [-0.2, -0.15) is 0 Å². The van der Waals surface area contributed by atoms with Gasteiger partial charge >= 0.3 is 0 Å². The summed E-state index contributed by atoms with van der Waals surface area (Å²) in [6, 6.07) is 64.9. The fourth-order valence-electron chi connectivity index (χ4n) is 9.72. The average molecular weight is 637 g/mol.